The number of carbonyl (C=O) groups is 1. The van der Waals surface area contributed by atoms with Crippen LogP contribution in [0.4, 0.5) is 0 Å². The van der Waals surface area contributed by atoms with Crippen molar-refractivity contribution in [3.8, 4) is 0 Å². The lowest BCUT2D eigenvalue weighted by Crippen LogP contribution is -2.44. The Labute approximate surface area is 104 Å². The van der Waals surface area contributed by atoms with E-state index in [0.29, 0.717) is 18.5 Å². The third-order valence-electron chi connectivity index (χ3n) is 3.70. The van der Waals surface area contributed by atoms with Crippen LogP contribution in [0.5, 0.6) is 0 Å². The highest BCUT2D eigenvalue weighted by Gasteiger charge is 2.26. The summed E-state index contributed by atoms with van der Waals surface area (Å²) in [6, 6.07) is 0.613. The van der Waals surface area contributed by atoms with Gasteiger partial charge in [-0.05, 0) is 38.6 Å². The number of rotatable bonds is 6. The van der Waals surface area contributed by atoms with Crippen LogP contribution < -0.4 is 5.32 Å². The highest BCUT2D eigenvalue weighted by molar-refractivity contribution is 5.78. The molecule has 2 unspecified atom stereocenters. The van der Waals surface area contributed by atoms with Gasteiger partial charge < -0.3 is 10.4 Å². The Hall–Kier alpha value is -0.610. The molecular formula is C13H26N2O2. The second kappa shape index (κ2) is 6.97. The molecule has 1 heterocycles. The summed E-state index contributed by atoms with van der Waals surface area (Å²) in [6.07, 6.45) is 3.03. The van der Waals surface area contributed by atoms with Gasteiger partial charge in [0, 0.05) is 18.7 Å². The van der Waals surface area contributed by atoms with Gasteiger partial charge in [0.2, 0.25) is 5.91 Å². The van der Waals surface area contributed by atoms with Crippen molar-refractivity contribution in [1.82, 2.24) is 10.2 Å². The first-order chi connectivity index (χ1) is 8.04. The topological polar surface area (TPSA) is 52.6 Å². The molecule has 0 aliphatic carbocycles. The third kappa shape index (κ3) is 4.64. The number of amides is 1. The largest absolute Gasteiger partial charge is 0.396 e. The Morgan fingerprint density at radius 3 is 2.76 bits per heavy atom. The van der Waals surface area contributed by atoms with Crippen LogP contribution in [0.2, 0.25) is 0 Å². The Bertz CT molecular complexity index is 244. The zero-order chi connectivity index (χ0) is 12.8. The van der Waals surface area contributed by atoms with Crippen LogP contribution in [0.1, 0.15) is 40.0 Å². The van der Waals surface area contributed by atoms with Crippen LogP contribution in [-0.4, -0.2) is 47.7 Å². The first-order valence-corrected chi connectivity index (χ1v) is 6.69. The van der Waals surface area contributed by atoms with E-state index in [4.69, 9.17) is 5.11 Å². The van der Waals surface area contributed by atoms with Crippen molar-refractivity contribution >= 4 is 5.91 Å². The zero-order valence-electron chi connectivity index (χ0n) is 11.3. The molecule has 1 aliphatic rings. The minimum absolute atomic E-state index is 0.107. The molecule has 1 fully saturated rings. The molecule has 1 saturated heterocycles. The number of nitrogens with zero attached hydrogens (tertiary/aromatic N) is 1. The molecule has 1 rings (SSSR count). The average molecular weight is 242 g/mol. The molecule has 1 amide bonds. The third-order valence-corrected chi connectivity index (χ3v) is 3.70. The first kappa shape index (κ1) is 14.5. The molecule has 100 valence electrons. The van der Waals surface area contributed by atoms with Gasteiger partial charge in [-0.15, -0.1) is 0 Å². The monoisotopic (exact) mass is 242 g/mol. The summed E-state index contributed by atoms with van der Waals surface area (Å²) in [5.74, 6) is 0.571. The predicted molar refractivity (Wildman–Crippen MR) is 68.7 cm³/mol. The molecule has 0 aromatic carbocycles. The molecule has 17 heavy (non-hydrogen) atoms. The van der Waals surface area contributed by atoms with Crippen LogP contribution in [-0.2, 0) is 4.79 Å². The summed E-state index contributed by atoms with van der Waals surface area (Å²) >= 11 is 0. The molecule has 0 spiro atoms. The first-order valence-electron chi connectivity index (χ1n) is 6.69. The lowest BCUT2D eigenvalue weighted by molar-refractivity contribution is -0.123. The molecule has 0 aromatic heterocycles. The zero-order valence-corrected chi connectivity index (χ0v) is 11.3. The molecule has 0 saturated carbocycles. The quantitative estimate of drug-likeness (QED) is 0.730. The molecule has 0 radical (unpaired) electrons. The van der Waals surface area contributed by atoms with Gasteiger partial charge in [-0.2, -0.15) is 0 Å². The van der Waals surface area contributed by atoms with Crippen molar-refractivity contribution in [2.75, 3.05) is 19.7 Å². The summed E-state index contributed by atoms with van der Waals surface area (Å²) in [4.78, 5) is 14.0. The number of aliphatic hydroxyl groups excluding tert-OH is 1. The predicted octanol–water partition coefficient (Wildman–Crippen LogP) is 0.994. The van der Waals surface area contributed by atoms with Crippen molar-refractivity contribution in [2.24, 2.45) is 5.92 Å². The van der Waals surface area contributed by atoms with Gasteiger partial charge in [0.15, 0.2) is 0 Å². The van der Waals surface area contributed by atoms with Crippen LogP contribution in [0.25, 0.3) is 0 Å². The maximum Gasteiger partial charge on any atom is 0.234 e. The van der Waals surface area contributed by atoms with Gasteiger partial charge in [-0.3, -0.25) is 9.69 Å². The molecule has 0 aromatic rings. The molecule has 2 atom stereocenters. The van der Waals surface area contributed by atoms with Crippen LogP contribution in [0.15, 0.2) is 0 Å². The standard InChI is InChI=1S/C13H26N2O2/c1-10(2)11(3)14-13(17)9-15-7-4-5-12(15)6-8-16/h10-12,16H,4-9H2,1-3H3,(H,14,17). The lowest BCUT2D eigenvalue weighted by Gasteiger charge is -2.25. The van der Waals surface area contributed by atoms with Crippen LogP contribution in [0, 0.1) is 5.92 Å². The number of nitrogens with one attached hydrogen (secondary N) is 1. The van der Waals surface area contributed by atoms with Crippen molar-refractivity contribution in [1.29, 1.82) is 0 Å². The Morgan fingerprint density at radius 2 is 2.18 bits per heavy atom. The van der Waals surface area contributed by atoms with Gasteiger partial charge in [-0.1, -0.05) is 13.8 Å². The summed E-state index contributed by atoms with van der Waals surface area (Å²) in [6.45, 7) is 7.92. The highest BCUT2D eigenvalue weighted by atomic mass is 16.3. The lowest BCUT2D eigenvalue weighted by atomic mass is 10.1. The van der Waals surface area contributed by atoms with Gasteiger partial charge in [0.1, 0.15) is 0 Å². The number of hydrogen-bond acceptors (Lipinski definition) is 3. The average Bonchev–Trinajstić information content (AvgIpc) is 2.66. The second-order valence-electron chi connectivity index (χ2n) is 5.38. The molecular weight excluding hydrogens is 216 g/mol. The number of likely N-dealkylation sites (tertiary alicyclic amines) is 1. The Kier molecular flexibility index (Phi) is 5.92. The fraction of sp³-hybridized carbons (Fsp3) is 0.923. The van der Waals surface area contributed by atoms with Gasteiger partial charge in [-0.25, -0.2) is 0 Å². The fourth-order valence-electron chi connectivity index (χ4n) is 2.23. The van der Waals surface area contributed by atoms with E-state index < -0.39 is 0 Å². The van der Waals surface area contributed by atoms with Gasteiger partial charge in [0.25, 0.3) is 0 Å². The van der Waals surface area contributed by atoms with Gasteiger partial charge >= 0.3 is 0 Å². The molecule has 2 N–H and O–H groups in total. The molecule has 4 heteroatoms. The number of hydrogen-bond donors (Lipinski definition) is 2. The normalized spacial score (nSPS) is 23.0. The van der Waals surface area contributed by atoms with E-state index >= 15 is 0 Å². The van der Waals surface area contributed by atoms with E-state index in [2.05, 4.69) is 24.1 Å². The maximum absolute atomic E-state index is 11.8. The molecule has 0 bridgehead atoms. The summed E-state index contributed by atoms with van der Waals surface area (Å²) in [5.41, 5.74) is 0. The van der Waals surface area contributed by atoms with Crippen molar-refractivity contribution in [3.63, 3.8) is 0 Å². The minimum atomic E-state index is 0.107. The minimum Gasteiger partial charge on any atom is -0.396 e. The van der Waals surface area contributed by atoms with Crippen molar-refractivity contribution in [2.45, 2.75) is 52.1 Å². The molecule has 4 nitrogen and oxygen atoms in total. The maximum atomic E-state index is 11.8. The second-order valence-corrected chi connectivity index (χ2v) is 5.38. The Balaban J connectivity index is 2.34. The van der Waals surface area contributed by atoms with E-state index in [1.165, 1.54) is 0 Å². The van der Waals surface area contributed by atoms with Crippen LogP contribution >= 0.6 is 0 Å². The van der Waals surface area contributed by atoms with Crippen molar-refractivity contribution < 1.29 is 9.90 Å². The summed E-state index contributed by atoms with van der Waals surface area (Å²) in [7, 11) is 0. The highest BCUT2D eigenvalue weighted by Crippen LogP contribution is 2.19. The Morgan fingerprint density at radius 1 is 1.47 bits per heavy atom. The number of carbonyl (C=O) groups excluding carboxylic acids is 1. The van der Waals surface area contributed by atoms with E-state index in [0.717, 1.165) is 25.8 Å². The van der Waals surface area contributed by atoms with E-state index in [1.54, 1.807) is 0 Å². The SMILES string of the molecule is CC(C)C(C)NC(=O)CN1CCCC1CCO. The van der Waals surface area contributed by atoms with Gasteiger partial charge in [0.05, 0.1) is 6.54 Å². The number of aliphatic hydroxyl groups is 1. The van der Waals surface area contributed by atoms with Crippen LogP contribution in [0.3, 0.4) is 0 Å². The smallest absolute Gasteiger partial charge is 0.234 e. The van der Waals surface area contributed by atoms with E-state index in [9.17, 15) is 4.79 Å². The summed E-state index contributed by atoms with van der Waals surface area (Å²) < 4.78 is 0. The van der Waals surface area contributed by atoms with Crippen molar-refractivity contribution in [3.05, 3.63) is 0 Å². The van der Waals surface area contributed by atoms with E-state index in [-0.39, 0.29) is 18.6 Å². The summed E-state index contributed by atoms with van der Waals surface area (Å²) in [5, 5.41) is 12.0. The van der Waals surface area contributed by atoms with E-state index in [1.807, 2.05) is 6.92 Å². The molecule has 1 aliphatic heterocycles. The fourth-order valence-corrected chi connectivity index (χ4v) is 2.23.